The predicted octanol–water partition coefficient (Wildman–Crippen LogP) is 3.36. The lowest BCUT2D eigenvalue weighted by molar-refractivity contribution is 0.568. The number of aromatic nitrogens is 2. The van der Waals surface area contributed by atoms with E-state index in [9.17, 15) is 0 Å². The van der Waals surface area contributed by atoms with Crippen LogP contribution in [0.4, 0.5) is 0 Å². The van der Waals surface area contributed by atoms with Gasteiger partial charge in [-0.2, -0.15) is 5.10 Å². The highest BCUT2D eigenvalue weighted by molar-refractivity contribution is 5.63. The van der Waals surface area contributed by atoms with E-state index in [1.807, 2.05) is 6.07 Å². The van der Waals surface area contributed by atoms with Crippen LogP contribution in [0.15, 0.2) is 28.1 Å². The average molecular weight is 229 g/mol. The molecule has 1 aliphatic carbocycles. The Labute approximate surface area is 97.3 Å². The maximum absolute atomic E-state index is 8.44. The third-order valence-electron chi connectivity index (χ3n) is 2.97. The third-order valence-corrected chi connectivity index (χ3v) is 2.97. The van der Waals surface area contributed by atoms with Crippen molar-refractivity contribution >= 4 is 0 Å². The van der Waals surface area contributed by atoms with Crippen LogP contribution in [0.1, 0.15) is 30.0 Å². The van der Waals surface area contributed by atoms with Crippen molar-refractivity contribution in [3.8, 4) is 11.3 Å². The summed E-state index contributed by atoms with van der Waals surface area (Å²) in [5, 5.41) is 11.0. The molecule has 6 heteroatoms. The van der Waals surface area contributed by atoms with Crippen LogP contribution in [0.2, 0.25) is 0 Å². The minimum absolute atomic E-state index is 0.333. The maximum Gasteiger partial charge on any atom is 0.0997 e. The number of H-pyrrole nitrogens is 1. The topological polar surface area (TPSA) is 90.6 Å². The molecule has 0 unspecified atom stereocenters. The summed E-state index contributed by atoms with van der Waals surface area (Å²) in [6.45, 7) is 0.333. The highest BCUT2D eigenvalue weighted by Gasteiger charge is 2.29. The number of aromatic amines is 1. The van der Waals surface area contributed by atoms with Crippen LogP contribution in [0, 0.1) is 0 Å². The smallest absolute Gasteiger partial charge is 0.0997 e. The van der Waals surface area contributed by atoms with E-state index in [1.54, 1.807) is 12.5 Å². The molecule has 2 aromatic heterocycles. The van der Waals surface area contributed by atoms with Crippen molar-refractivity contribution in [1.29, 1.82) is 0 Å². The van der Waals surface area contributed by atoms with E-state index >= 15 is 0 Å². The van der Waals surface area contributed by atoms with Crippen molar-refractivity contribution in [2.24, 2.45) is 5.11 Å². The summed E-state index contributed by atoms with van der Waals surface area (Å²) in [5.74, 6) is 0.548. The first-order valence-corrected chi connectivity index (χ1v) is 5.50. The molecule has 0 saturated heterocycles. The van der Waals surface area contributed by atoms with Crippen LogP contribution in [-0.4, -0.2) is 10.2 Å². The number of azide groups is 1. The van der Waals surface area contributed by atoms with E-state index in [-0.39, 0.29) is 0 Å². The van der Waals surface area contributed by atoms with Gasteiger partial charge in [-0.25, -0.2) is 0 Å². The quantitative estimate of drug-likeness (QED) is 0.494. The first kappa shape index (κ1) is 9.99. The molecular formula is C11H11N5O. The zero-order chi connectivity index (χ0) is 11.7. The van der Waals surface area contributed by atoms with Crippen molar-refractivity contribution in [2.75, 3.05) is 0 Å². The highest BCUT2D eigenvalue weighted by atomic mass is 16.3. The van der Waals surface area contributed by atoms with E-state index in [1.165, 1.54) is 12.8 Å². The summed E-state index contributed by atoms with van der Waals surface area (Å²) < 4.78 is 5.06. The molecule has 6 nitrogen and oxygen atoms in total. The summed E-state index contributed by atoms with van der Waals surface area (Å²) in [6.07, 6.45) is 5.61. The van der Waals surface area contributed by atoms with Gasteiger partial charge < -0.3 is 4.42 Å². The molecule has 0 radical (unpaired) electrons. The lowest BCUT2D eigenvalue weighted by Gasteiger charge is -1.99. The molecule has 1 saturated carbocycles. The van der Waals surface area contributed by atoms with E-state index in [0.29, 0.717) is 12.5 Å². The molecule has 0 spiro atoms. The molecule has 1 fully saturated rings. The molecule has 0 atom stereocenters. The fraction of sp³-hybridized carbons (Fsp3) is 0.364. The van der Waals surface area contributed by atoms with Gasteiger partial charge in [0.1, 0.15) is 0 Å². The molecule has 17 heavy (non-hydrogen) atoms. The van der Waals surface area contributed by atoms with Crippen molar-refractivity contribution in [3.05, 3.63) is 40.3 Å². The van der Waals surface area contributed by atoms with Gasteiger partial charge in [0.05, 0.1) is 24.8 Å². The molecule has 1 aliphatic rings. The van der Waals surface area contributed by atoms with Crippen LogP contribution in [0.3, 0.4) is 0 Å². The largest absolute Gasteiger partial charge is 0.472 e. The monoisotopic (exact) mass is 229 g/mol. The second-order valence-corrected chi connectivity index (χ2v) is 4.14. The lowest BCUT2D eigenvalue weighted by atomic mass is 10.1. The van der Waals surface area contributed by atoms with Gasteiger partial charge in [0.25, 0.3) is 0 Å². The Hall–Kier alpha value is -2.20. The zero-order valence-electron chi connectivity index (χ0n) is 9.13. The summed E-state index contributed by atoms with van der Waals surface area (Å²) in [5.41, 5.74) is 12.3. The maximum atomic E-state index is 8.44. The highest BCUT2D eigenvalue weighted by Crippen LogP contribution is 2.42. The summed E-state index contributed by atoms with van der Waals surface area (Å²) in [6, 6.07) is 1.85. The van der Waals surface area contributed by atoms with Gasteiger partial charge in [-0.15, -0.1) is 0 Å². The summed E-state index contributed by atoms with van der Waals surface area (Å²) in [7, 11) is 0. The molecule has 2 heterocycles. The van der Waals surface area contributed by atoms with Gasteiger partial charge in [-0.05, 0) is 24.4 Å². The Morgan fingerprint density at radius 3 is 3.12 bits per heavy atom. The minimum Gasteiger partial charge on any atom is -0.472 e. The van der Waals surface area contributed by atoms with Crippen LogP contribution in [0.5, 0.6) is 0 Å². The standard InChI is InChI=1S/C11H11N5O/c12-16-13-5-9-10(7-1-2-7)14-15-11(9)8-3-4-17-6-8/h3-4,6-7H,1-2,5H2,(H,14,15). The van der Waals surface area contributed by atoms with Crippen LogP contribution < -0.4 is 0 Å². The minimum atomic E-state index is 0.333. The van der Waals surface area contributed by atoms with Crippen LogP contribution in [-0.2, 0) is 6.54 Å². The Kier molecular flexibility index (Phi) is 2.34. The van der Waals surface area contributed by atoms with Gasteiger partial charge >= 0.3 is 0 Å². The van der Waals surface area contributed by atoms with E-state index in [2.05, 4.69) is 20.2 Å². The average Bonchev–Trinajstić information content (AvgIpc) is 2.91. The molecule has 86 valence electrons. The number of furan rings is 1. The number of hydrogen-bond acceptors (Lipinski definition) is 3. The molecule has 0 aromatic carbocycles. The number of hydrogen-bond donors (Lipinski definition) is 1. The van der Waals surface area contributed by atoms with Gasteiger partial charge in [0, 0.05) is 27.7 Å². The second kappa shape index (κ2) is 3.99. The Morgan fingerprint density at radius 2 is 2.47 bits per heavy atom. The third kappa shape index (κ3) is 1.79. The molecule has 2 aromatic rings. The van der Waals surface area contributed by atoms with Gasteiger partial charge in [-0.1, -0.05) is 5.11 Å². The fourth-order valence-electron chi connectivity index (χ4n) is 1.99. The molecule has 3 rings (SSSR count). The molecule has 0 amide bonds. The molecular weight excluding hydrogens is 218 g/mol. The van der Waals surface area contributed by atoms with Crippen molar-refractivity contribution in [3.63, 3.8) is 0 Å². The predicted molar refractivity (Wildman–Crippen MR) is 61.1 cm³/mol. The van der Waals surface area contributed by atoms with Crippen LogP contribution in [0.25, 0.3) is 21.7 Å². The van der Waals surface area contributed by atoms with E-state index < -0.39 is 0 Å². The Balaban J connectivity index is 2.05. The zero-order valence-corrected chi connectivity index (χ0v) is 9.13. The Bertz CT molecular complexity index is 561. The lowest BCUT2D eigenvalue weighted by Crippen LogP contribution is -1.89. The van der Waals surface area contributed by atoms with Crippen LogP contribution >= 0.6 is 0 Å². The van der Waals surface area contributed by atoms with Gasteiger partial charge in [-0.3, -0.25) is 5.10 Å². The normalized spacial score (nSPS) is 14.6. The fourth-order valence-corrected chi connectivity index (χ4v) is 1.99. The first-order valence-electron chi connectivity index (χ1n) is 5.50. The van der Waals surface area contributed by atoms with Crippen molar-refractivity contribution in [1.82, 2.24) is 10.2 Å². The number of nitrogens with one attached hydrogen (secondary N) is 1. The summed E-state index contributed by atoms with van der Waals surface area (Å²) >= 11 is 0. The summed E-state index contributed by atoms with van der Waals surface area (Å²) in [4.78, 5) is 2.81. The van der Waals surface area contributed by atoms with E-state index in [0.717, 1.165) is 22.5 Å². The van der Waals surface area contributed by atoms with Crippen molar-refractivity contribution in [2.45, 2.75) is 25.3 Å². The second-order valence-electron chi connectivity index (χ2n) is 4.14. The number of rotatable bonds is 4. The van der Waals surface area contributed by atoms with Crippen molar-refractivity contribution < 1.29 is 4.42 Å². The molecule has 0 bridgehead atoms. The van der Waals surface area contributed by atoms with Gasteiger partial charge in [0.15, 0.2) is 0 Å². The molecule has 0 aliphatic heterocycles. The number of nitrogens with zero attached hydrogens (tertiary/aromatic N) is 4. The van der Waals surface area contributed by atoms with E-state index in [4.69, 9.17) is 9.95 Å². The first-order chi connectivity index (χ1) is 8.40. The Morgan fingerprint density at radius 1 is 1.59 bits per heavy atom. The SMILES string of the molecule is [N-]=[N+]=NCc1c(-c2ccoc2)n[nH]c1C1CC1. The molecule has 1 N–H and O–H groups in total. The van der Waals surface area contributed by atoms with Gasteiger partial charge in [0.2, 0.25) is 0 Å².